The lowest BCUT2D eigenvalue weighted by molar-refractivity contribution is 0.0998. The standard InChI is InChI=1S/C29H24FO5P/c1-33-24-19-17-23(18-20-24)28(31)21-27(22-11-5-2-6-12-22)29(30)36(32,34-25-13-7-3-8-14-25)35-26-15-9-4-10-16-26/h2-20H,21H2,1H3/b29-27+. The lowest BCUT2D eigenvalue weighted by Crippen LogP contribution is -2.07. The van der Waals surface area contributed by atoms with Crippen LogP contribution in [0.2, 0.25) is 0 Å². The van der Waals surface area contributed by atoms with Crippen LogP contribution in [0.3, 0.4) is 0 Å². The molecule has 0 fully saturated rings. The van der Waals surface area contributed by atoms with Gasteiger partial charge >= 0.3 is 7.60 Å². The summed E-state index contributed by atoms with van der Waals surface area (Å²) in [6.45, 7) is 0. The predicted octanol–water partition coefficient (Wildman–Crippen LogP) is 7.96. The summed E-state index contributed by atoms with van der Waals surface area (Å²) in [6.07, 6.45) is -0.359. The monoisotopic (exact) mass is 502 g/mol. The molecule has 0 radical (unpaired) electrons. The molecule has 7 heteroatoms. The first-order chi connectivity index (χ1) is 17.5. The average Bonchev–Trinajstić information content (AvgIpc) is 2.93. The normalized spacial score (nSPS) is 11.8. The molecule has 0 bridgehead atoms. The molecule has 36 heavy (non-hydrogen) atoms. The highest BCUT2D eigenvalue weighted by Gasteiger charge is 2.38. The summed E-state index contributed by atoms with van der Waals surface area (Å²) in [4.78, 5) is 13.2. The largest absolute Gasteiger partial charge is 0.497 e. The number of rotatable bonds is 10. The van der Waals surface area contributed by atoms with Crippen molar-refractivity contribution in [1.29, 1.82) is 0 Å². The number of halogens is 1. The lowest BCUT2D eigenvalue weighted by Gasteiger charge is -2.21. The minimum Gasteiger partial charge on any atom is -0.497 e. The number of ether oxygens (including phenoxy) is 1. The van der Waals surface area contributed by atoms with Crippen LogP contribution in [0.15, 0.2) is 121 Å². The topological polar surface area (TPSA) is 61.8 Å². The molecule has 0 aromatic heterocycles. The van der Waals surface area contributed by atoms with Crippen LogP contribution in [0.5, 0.6) is 17.2 Å². The lowest BCUT2D eigenvalue weighted by atomic mass is 9.98. The summed E-state index contributed by atoms with van der Waals surface area (Å²) in [5.74, 6) is 0.563. The van der Waals surface area contributed by atoms with Gasteiger partial charge in [0.25, 0.3) is 0 Å². The van der Waals surface area contributed by atoms with Gasteiger partial charge in [0.05, 0.1) is 7.11 Å². The Hall–Kier alpha value is -4.15. The number of Topliss-reactive ketones (excluding diaryl/α,β-unsaturated/α-hetero) is 1. The highest BCUT2D eigenvalue weighted by molar-refractivity contribution is 7.59. The number of hydrogen-bond acceptors (Lipinski definition) is 5. The van der Waals surface area contributed by atoms with Crippen LogP contribution < -0.4 is 13.8 Å². The van der Waals surface area contributed by atoms with Gasteiger partial charge in [-0.05, 0) is 54.1 Å². The van der Waals surface area contributed by atoms with Crippen LogP contribution in [0.4, 0.5) is 4.39 Å². The Bertz CT molecular complexity index is 1330. The zero-order chi connectivity index (χ0) is 25.4. The van der Waals surface area contributed by atoms with Gasteiger partial charge < -0.3 is 13.8 Å². The molecular formula is C29H24FO5P. The van der Waals surface area contributed by atoms with E-state index < -0.39 is 13.2 Å². The first-order valence-electron chi connectivity index (χ1n) is 11.2. The number of para-hydroxylation sites is 2. The third-order valence-electron chi connectivity index (χ3n) is 5.30. The second-order valence-electron chi connectivity index (χ2n) is 7.77. The van der Waals surface area contributed by atoms with E-state index in [1.165, 1.54) is 7.11 Å². The van der Waals surface area contributed by atoms with E-state index in [-0.39, 0.29) is 29.3 Å². The summed E-state index contributed by atoms with van der Waals surface area (Å²) in [5, 5.41) is 0. The molecule has 0 spiro atoms. The fraction of sp³-hybridized carbons (Fsp3) is 0.0690. The van der Waals surface area contributed by atoms with Crippen molar-refractivity contribution in [2.45, 2.75) is 6.42 Å². The maximum absolute atomic E-state index is 16.4. The van der Waals surface area contributed by atoms with Gasteiger partial charge in [-0.25, -0.2) is 4.57 Å². The fourth-order valence-corrected chi connectivity index (χ4v) is 5.01. The minimum atomic E-state index is -4.60. The first-order valence-corrected chi connectivity index (χ1v) is 12.7. The van der Waals surface area contributed by atoms with Crippen molar-refractivity contribution >= 4 is 19.0 Å². The Morgan fingerprint density at radius 3 is 1.61 bits per heavy atom. The van der Waals surface area contributed by atoms with Gasteiger partial charge in [-0.1, -0.05) is 66.7 Å². The molecule has 0 unspecified atom stereocenters. The number of methoxy groups -OCH3 is 1. The van der Waals surface area contributed by atoms with Gasteiger partial charge in [0, 0.05) is 17.6 Å². The molecule has 0 amide bonds. The van der Waals surface area contributed by atoms with Crippen molar-refractivity contribution in [2.75, 3.05) is 7.11 Å². The number of benzene rings is 4. The number of allylic oxidation sites excluding steroid dienone is 1. The molecule has 0 heterocycles. The van der Waals surface area contributed by atoms with Crippen molar-refractivity contribution < 1.29 is 27.5 Å². The van der Waals surface area contributed by atoms with E-state index in [2.05, 4.69) is 0 Å². The summed E-state index contributed by atoms with van der Waals surface area (Å²) >= 11 is 0. The van der Waals surface area contributed by atoms with Crippen molar-refractivity contribution in [3.8, 4) is 17.2 Å². The second-order valence-corrected chi connectivity index (χ2v) is 9.52. The van der Waals surface area contributed by atoms with Crippen LogP contribution in [-0.4, -0.2) is 12.9 Å². The van der Waals surface area contributed by atoms with E-state index in [0.717, 1.165) is 0 Å². The molecule has 4 aromatic rings. The van der Waals surface area contributed by atoms with Crippen LogP contribution in [0.25, 0.3) is 5.57 Å². The molecule has 4 rings (SSSR count). The zero-order valence-electron chi connectivity index (χ0n) is 19.5. The van der Waals surface area contributed by atoms with Crippen LogP contribution in [-0.2, 0) is 4.57 Å². The van der Waals surface area contributed by atoms with Crippen molar-refractivity contribution in [2.24, 2.45) is 0 Å². The van der Waals surface area contributed by atoms with Gasteiger partial charge in [-0.3, -0.25) is 4.79 Å². The second kappa shape index (κ2) is 11.5. The third-order valence-corrected chi connectivity index (χ3v) is 6.95. The van der Waals surface area contributed by atoms with E-state index in [1.807, 2.05) is 0 Å². The molecule has 0 saturated carbocycles. The Balaban J connectivity index is 1.79. The van der Waals surface area contributed by atoms with Crippen molar-refractivity contribution in [3.05, 3.63) is 132 Å². The molecule has 0 saturated heterocycles. The molecule has 5 nitrogen and oxygen atoms in total. The van der Waals surface area contributed by atoms with E-state index in [4.69, 9.17) is 13.8 Å². The smallest absolute Gasteiger partial charge is 0.491 e. The number of ketones is 1. The summed E-state index contributed by atoms with van der Waals surface area (Å²) in [7, 11) is -3.07. The van der Waals surface area contributed by atoms with Gasteiger partial charge in [-0.15, -0.1) is 0 Å². The molecule has 0 aliphatic rings. The van der Waals surface area contributed by atoms with Crippen molar-refractivity contribution in [3.63, 3.8) is 0 Å². The van der Waals surface area contributed by atoms with Crippen LogP contribution in [0.1, 0.15) is 22.3 Å². The molecule has 0 N–H and O–H groups in total. The highest BCUT2D eigenvalue weighted by Crippen LogP contribution is 2.58. The molecule has 0 aliphatic heterocycles. The SMILES string of the molecule is COc1ccc(C(=O)C/C(=C(/F)P(=O)(Oc2ccccc2)Oc2ccccc2)c2ccccc2)cc1. The number of hydrogen-bond donors (Lipinski definition) is 0. The van der Waals surface area contributed by atoms with E-state index in [1.54, 1.807) is 115 Å². The summed E-state index contributed by atoms with van der Waals surface area (Å²) in [6, 6.07) is 31.4. The first kappa shape index (κ1) is 25.0. The minimum absolute atomic E-state index is 0.0772. The van der Waals surface area contributed by atoms with Crippen LogP contribution >= 0.6 is 7.60 Å². The fourth-order valence-electron chi connectivity index (χ4n) is 3.48. The quantitative estimate of drug-likeness (QED) is 0.163. The van der Waals surface area contributed by atoms with Crippen LogP contribution in [0, 0.1) is 0 Å². The number of carbonyl (C=O) groups is 1. The molecule has 4 aromatic carbocycles. The maximum atomic E-state index is 16.4. The maximum Gasteiger partial charge on any atom is 0.491 e. The van der Waals surface area contributed by atoms with E-state index >= 15 is 4.39 Å². The average molecular weight is 502 g/mol. The van der Waals surface area contributed by atoms with Gasteiger partial charge in [0.2, 0.25) is 5.57 Å². The Morgan fingerprint density at radius 1 is 0.667 bits per heavy atom. The van der Waals surface area contributed by atoms with Gasteiger partial charge in [-0.2, -0.15) is 4.39 Å². The Kier molecular flexibility index (Phi) is 7.99. The predicted molar refractivity (Wildman–Crippen MR) is 138 cm³/mol. The van der Waals surface area contributed by atoms with Gasteiger partial charge in [0.1, 0.15) is 17.2 Å². The van der Waals surface area contributed by atoms with Gasteiger partial charge in [0.15, 0.2) is 5.78 Å². The zero-order valence-corrected chi connectivity index (χ0v) is 20.4. The summed E-state index contributed by atoms with van der Waals surface area (Å²) < 4.78 is 46.9. The molecule has 0 aliphatic carbocycles. The highest BCUT2D eigenvalue weighted by atomic mass is 31.2. The third kappa shape index (κ3) is 6.09. The van der Waals surface area contributed by atoms with Crippen molar-refractivity contribution in [1.82, 2.24) is 0 Å². The molecular weight excluding hydrogens is 478 g/mol. The summed E-state index contributed by atoms with van der Waals surface area (Å²) in [5.41, 5.74) is -0.458. The molecule has 182 valence electrons. The Morgan fingerprint density at radius 2 is 1.14 bits per heavy atom. The number of carbonyl (C=O) groups excluding carboxylic acids is 1. The Labute approximate surface area is 209 Å². The van der Waals surface area contributed by atoms with E-state index in [9.17, 15) is 9.36 Å². The molecule has 0 atom stereocenters. The van der Waals surface area contributed by atoms with E-state index in [0.29, 0.717) is 16.9 Å².